The Morgan fingerprint density at radius 1 is 1.40 bits per heavy atom. The van der Waals surface area contributed by atoms with E-state index in [-0.39, 0.29) is 5.91 Å². The van der Waals surface area contributed by atoms with Gasteiger partial charge < -0.3 is 11.1 Å². The predicted molar refractivity (Wildman–Crippen MR) is 83.6 cm³/mol. The Bertz CT molecular complexity index is 447. The summed E-state index contributed by atoms with van der Waals surface area (Å²) in [5, 5.41) is 2.89. The van der Waals surface area contributed by atoms with Crippen molar-refractivity contribution < 1.29 is 4.79 Å². The van der Waals surface area contributed by atoms with Gasteiger partial charge in [-0.1, -0.05) is 25.5 Å². The highest BCUT2D eigenvalue weighted by Crippen LogP contribution is 2.20. The number of nitrogens with zero attached hydrogens (tertiary/aromatic N) is 1. The van der Waals surface area contributed by atoms with Crippen LogP contribution in [-0.2, 0) is 4.79 Å². The first-order valence-electron chi connectivity index (χ1n) is 7.59. The van der Waals surface area contributed by atoms with Gasteiger partial charge in [-0.05, 0) is 37.9 Å². The van der Waals surface area contributed by atoms with Gasteiger partial charge in [0.1, 0.15) is 0 Å². The van der Waals surface area contributed by atoms with Crippen LogP contribution in [0.2, 0.25) is 0 Å². The number of likely N-dealkylation sites (tertiary alicyclic amines) is 1. The van der Waals surface area contributed by atoms with Crippen LogP contribution < -0.4 is 11.1 Å². The average molecular weight is 275 g/mol. The lowest BCUT2D eigenvalue weighted by atomic mass is 10.00. The zero-order valence-corrected chi connectivity index (χ0v) is 12.3. The molecule has 1 aromatic carbocycles. The maximum Gasteiger partial charge on any atom is 0.225 e. The van der Waals surface area contributed by atoms with E-state index in [9.17, 15) is 4.79 Å². The first-order valence-corrected chi connectivity index (χ1v) is 7.59. The quantitative estimate of drug-likeness (QED) is 0.812. The number of piperidine rings is 1. The third-order valence-electron chi connectivity index (χ3n) is 4.08. The summed E-state index contributed by atoms with van der Waals surface area (Å²) in [6, 6.07) is 8.03. The molecule has 0 bridgehead atoms. The highest BCUT2D eigenvalue weighted by molar-refractivity contribution is 5.93. The molecule has 20 heavy (non-hydrogen) atoms. The summed E-state index contributed by atoms with van der Waals surface area (Å²) in [7, 11) is 0. The fourth-order valence-corrected chi connectivity index (χ4v) is 2.89. The van der Waals surface area contributed by atoms with Crippen LogP contribution in [0.5, 0.6) is 0 Å². The van der Waals surface area contributed by atoms with Crippen LogP contribution in [0.25, 0.3) is 0 Å². The topological polar surface area (TPSA) is 58.4 Å². The molecule has 1 amide bonds. The molecule has 1 unspecified atom stereocenters. The van der Waals surface area contributed by atoms with Gasteiger partial charge in [0.15, 0.2) is 0 Å². The zero-order valence-electron chi connectivity index (χ0n) is 12.3. The molecule has 1 saturated heterocycles. The number of carbonyl (C=O) groups excluding carboxylic acids is 1. The Labute approximate surface area is 121 Å². The van der Waals surface area contributed by atoms with E-state index >= 15 is 0 Å². The number of rotatable bonds is 5. The molecule has 0 radical (unpaired) electrons. The van der Waals surface area contributed by atoms with Crippen LogP contribution in [0.15, 0.2) is 24.3 Å². The summed E-state index contributed by atoms with van der Waals surface area (Å²) in [6.45, 7) is 4.20. The standard InChI is InChI=1S/C16H25N3O/c1-2-13-7-5-6-11-19(13)12-10-16(20)18-15-9-4-3-8-14(15)17/h3-4,8-9,13H,2,5-7,10-12,17H2,1H3,(H,18,20). The molecule has 0 aromatic heterocycles. The number of para-hydroxylation sites is 2. The molecular weight excluding hydrogens is 250 g/mol. The molecule has 0 spiro atoms. The minimum atomic E-state index is 0.0447. The average Bonchev–Trinajstić information content (AvgIpc) is 2.48. The van der Waals surface area contributed by atoms with Gasteiger partial charge in [0.2, 0.25) is 5.91 Å². The van der Waals surface area contributed by atoms with Gasteiger partial charge in [-0.25, -0.2) is 0 Å². The number of nitrogens with one attached hydrogen (secondary N) is 1. The first-order chi connectivity index (χ1) is 9.70. The highest BCUT2D eigenvalue weighted by Gasteiger charge is 2.21. The summed E-state index contributed by atoms with van der Waals surface area (Å²) >= 11 is 0. The molecule has 110 valence electrons. The lowest BCUT2D eigenvalue weighted by Crippen LogP contribution is -2.40. The molecule has 0 saturated carbocycles. The number of hydrogen-bond donors (Lipinski definition) is 2. The Balaban J connectivity index is 1.81. The molecule has 3 N–H and O–H groups in total. The normalized spacial score (nSPS) is 19.8. The lowest BCUT2D eigenvalue weighted by Gasteiger charge is -2.35. The first kappa shape index (κ1) is 14.9. The summed E-state index contributed by atoms with van der Waals surface area (Å²) in [5.74, 6) is 0.0447. The van der Waals surface area contributed by atoms with Crippen molar-refractivity contribution in [2.24, 2.45) is 0 Å². The Kier molecular flexibility index (Phi) is 5.41. The largest absolute Gasteiger partial charge is 0.397 e. The molecule has 1 fully saturated rings. The summed E-state index contributed by atoms with van der Waals surface area (Å²) < 4.78 is 0. The molecule has 0 aliphatic carbocycles. The number of amides is 1. The van der Waals surface area contributed by atoms with E-state index in [1.165, 1.54) is 25.7 Å². The maximum atomic E-state index is 12.0. The Morgan fingerprint density at radius 3 is 2.95 bits per heavy atom. The SMILES string of the molecule is CCC1CCCCN1CCC(=O)Nc1ccccc1N. The third kappa shape index (κ3) is 3.97. The number of hydrogen-bond acceptors (Lipinski definition) is 3. The molecule has 1 aromatic rings. The second kappa shape index (κ2) is 7.29. The van der Waals surface area contributed by atoms with Crippen molar-refractivity contribution in [2.75, 3.05) is 24.1 Å². The van der Waals surface area contributed by atoms with E-state index in [4.69, 9.17) is 5.73 Å². The zero-order chi connectivity index (χ0) is 14.4. The summed E-state index contributed by atoms with van der Waals surface area (Å²) in [4.78, 5) is 14.5. The molecule has 1 aliphatic rings. The fraction of sp³-hybridized carbons (Fsp3) is 0.562. The Hall–Kier alpha value is -1.55. The van der Waals surface area contributed by atoms with Crippen LogP contribution in [0, 0.1) is 0 Å². The third-order valence-corrected chi connectivity index (χ3v) is 4.08. The van der Waals surface area contributed by atoms with Crippen molar-refractivity contribution in [3.63, 3.8) is 0 Å². The molecule has 1 heterocycles. The van der Waals surface area contributed by atoms with E-state index in [0.717, 1.165) is 13.1 Å². The highest BCUT2D eigenvalue weighted by atomic mass is 16.1. The van der Waals surface area contributed by atoms with Gasteiger partial charge in [-0.2, -0.15) is 0 Å². The van der Waals surface area contributed by atoms with Gasteiger partial charge in [-0.3, -0.25) is 9.69 Å². The molecule has 2 rings (SSSR count). The van der Waals surface area contributed by atoms with Gasteiger partial charge in [-0.15, -0.1) is 0 Å². The van der Waals surface area contributed by atoms with Crippen molar-refractivity contribution in [3.05, 3.63) is 24.3 Å². The van der Waals surface area contributed by atoms with Crippen LogP contribution in [0.3, 0.4) is 0 Å². The minimum Gasteiger partial charge on any atom is -0.397 e. The van der Waals surface area contributed by atoms with Crippen molar-refractivity contribution >= 4 is 17.3 Å². The van der Waals surface area contributed by atoms with Crippen LogP contribution >= 0.6 is 0 Å². The molecular formula is C16H25N3O. The lowest BCUT2D eigenvalue weighted by molar-refractivity contribution is -0.116. The van der Waals surface area contributed by atoms with Crippen molar-refractivity contribution in [1.82, 2.24) is 4.90 Å². The van der Waals surface area contributed by atoms with Gasteiger partial charge in [0.05, 0.1) is 11.4 Å². The van der Waals surface area contributed by atoms with E-state index in [1.807, 2.05) is 18.2 Å². The number of carbonyl (C=O) groups is 1. The second-order valence-electron chi connectivity index (χ2n) is 5.48. The van der Waals surface area contributed by atoms with Crippen LogP contribution in [0.4, 0.5) is 11.4 Å². The van der Waals surface area contributed by atoms with E-state index < -0.39 is 0 Å². The van der Waals surface area contributed by atoms with Gasteiger partial charge in [0, 0.05) is 19.0 Å². The summed E-state index contributed by atoms with van der Waals surface area (Å²) in [5.41, 5.74) is 7.15. The predicted octanol–water partition coefficient (Wildman–Crippen LogP) is 2.86. The van der Waals surface area contributed by atoms with Crippen molar-refractivity contribution in [2.45, 2.75) is 45.1 Å². The molecule has 1 aliphatic heterocycles. The van der Waals surface area contributed by atoms with E-state index in [0.29, 0.717) is 23.8 Å². The van der Waals surface area contributed by atoms with E-state index in [2.05, 4.69) is 17.1 Å². The monoisotopic (exact) mass is 275 g/mol. The molecule has 4 heteroatoms. The number of anilines is 2. The van der Waals surface area contributed by atoms with E-state index in [1.54, 1.807) is 6.07 Å². The molecule has 4 nitrogen and oxygen atoms in total. The smallest absolute Gasteiger partial charge is 0.225 e. The minimum absolute atomic E-state index is 0.0447. The fourth-order valence-electron chi connectivity index (χ4n) is 2.89. The summed E-state index contributed by atoms with van der Waals surface area (Å²) in [6.07, 6.45) is 5.55. The number of nitrogens with two attached hydrogens (primary N) is 1. The second-order valence-corrected chi connectivity index (χ2v) is 5.48. The van der Waals surface area contributed by atoms with Crippen LogP contribution in [0.1, 0.15) is 39.0 Å². The maximum absolute atomic E-state index is 12.0. The van der Waals surface area contributed by atoms with Gasteiger partial charge in [0.25, 0.3) is 0 Å². The van der Waals surface area contributed by atoms with Gasteiger partial charge >= 0.3 is 0 Å². The Morgan fingerprint density at radius 2 is 2.20 bits per heavy atom. The number of benzene rings is 1. The van der Waals surface area contributed by atoms with Crippen LogP contribution in [-0.4, -0.2) is 29.9 Å². The molecule has 1 atom stereocenters. The number of nitrogen functional groups attached to an aromatic ring is 1. The van der Waals surface area contributed by atoms with Crippen molar-refractivity contribution in [3.8, 4) is 0 Å². The van der Waals surface area contributed by atoms with Crippen molar-refractivity contribution in [1.29, 1.82) is 0 Å².